The summed E-state index contributed by atoms with van der Waals surface area (Å²) >= 11 is 11.7. The monoisotopic (exact) mass is 275 g/mol. The molecule has 17 heavy (non-hydrogen) atoms. The lowest BCUT2D eigenvalue weighted by molar-refractivity contribution is 0.0601. The standard InChI is InChI=1S/C10H11Cl2N3O2/c1-15(2)5-13-9-8(10(16)17-3)6(11)4-7(12)14-9/h4-5H,1-3H3. The first-order valence-corrected chi connectivity index (χ1v) is 5.36. The Kier molecular flexibility index (Phi) is 4.72. The molecule has 0 N–H and O–H groups in total. The van der Waals surface area contributed by atoms with Gasteiger partial charge in [0.15, 0.2) is 5.82 Å². The van der Waals surface area contributed by atoms with Crippen LogP contribution in [0, 0.1) is 0 Å². The number of carbonyl (C=O) groups is 1. The van der Waals surface area contributed by atoms with Crippen molar-refractivity contribution in [3.63, 3.8) is 0 Å². The maximum atomic E-state index is 11.5. The molecule has 0 aliphatic heterocycles. The SMILES string of the molecule is COC(=O)c1c(Cl)cc(Cl)nc1N=CN(C)C. The molecule has 5 nitrogen and oxygen atoms in total. The van der Waals surface area contributed by atoms with Crippen LogP contribution in [0.2, 0.25) is 10.2 Å². The summed E-state index contributed by atoms with van der Waals surface area (Å²) in [4.78, 5) is 21.2. The van der Waals surface area contributed by atoms with E-state index in [4.69, 9.17) is 23.2 Å². The van der Waals surface area contributed by atoms with E-state index in [1.54, 1.807) is 19.0 Å². The number of hydrogen-bond donors (Lipinski definition) is 0. The Morgan fingerprint density at radius 1 is 1.53 bits per heavy atom. The smallest absolute Gasteiger partial charge is 0.343 e. The number of hydrogen-bond acceptors (Lipinski definition) is 4. The second-order valence-electron chi connectivity index (χ2n) is 3.33. The molecular formula is C10H11Cl2N3O2. The van der Waals surface area contributed by atoms with Crippen LogP contribution in [0.15, 0.2) is 11.1 Å². The fraction of sp³-hybridized carbons (Fsp3) is 0.300. The molecule has 0 fully saturated rings. The summed E-state index contributed by atoms with van der Waals surface area (Å²) in [5.74, 6) is -0.479. The normalized spacial score (nSPS) is 10.6. The Balaban J connectivity index is 3.30. The number of nitrogens with zero attached hydrogens (tertiary/aromatic N) is 3. The number of pyridine rings is 1. The van der Waals surface area contributed by atoms with Crippen molar-refractivity contribution in [3.05, 3.63) is 21.8 Å². The summed E-state index contributed by atoms with van der Waals surface area (Å²) in [6, 6.07) is 1.37. The van der Waals surface area contributed by atoms with Gasteiger partial charge in [0.25, 0.3) is 0 Å². The predicted molar refractivity (Wildman–Crippen MR) is 67.4 cm³/mol. The number of halogens is 2. The number of methoxy groups -OCH3 is 1. The molecule has 0 spiro atoms. The zero-order chi connectivity index (χ0) is 13.0. The maximum absolute atomic E-state index is 11.5. The first kappa shape index (κ1) is 13.7. The van der Waals surface area contributed by atoms with E-state index in [9.17, 15) is 4.79 Å². The Hall–Kier alpha value is -1.33. The van der Waals surface area contributed by atoms with Gasteiger partial charge in [0.2, 0.25) is 0 Å². The molecule has 7 heteroatoms. The van der Waals surface area contributed by atoms with Gasteiger partial charge in [0, 0.05) is 14.1 Å². The third kappa shape index (κ3) is 3.57. The average Bonchev–Trinajstić information content (AvgIpc) is 2.24. The van der Waals surface area contributed by atoms with Crippen LogP contribution in [0.4, 0.5) is 5.82 Å². The minimum absolute atomic E-state index is 0.0941. The molecule has 1 rings (SSSR count). The second-order valence-corrected chi connectivity index (χ2v) is 4.12. The van der Waals surface area contributed by atoms with Crippen LogP contribution in [-0.2, 0) is 4.74 Å². The number of rotatable bonds is 3. The Morgan fingerprint density at radius 2 is 2.18 bits per heavy atom. The quantitative estimate of drug-likeness (QED) is 0.368. The first-order valence-electron chi connectivity index (χ1n) is 4.60. The Labute approximate surface area is 109 Å². The predicted octanol–water partition coefficient (Wildman–Crippen LogP) is 2.40. The largest absolute Gasteiger partial charge is 0.465 e. The molecule has 0 aliphatic rings. The summed E-state index contributed by atoms with van der Waals surface area (Å²) in [6.45, 7) is 0. The van der Waals surface area contributed by atoms with Gasteiger partial charge in [-0.15, -0.1) is 0 Å². The highest BCUT2D eigenvalue weighted by atomic mass is 35.5. The summed E-state index contributed by atoms with van der Waals surface area (Å²) < 4.78 is 4.61. The molecule has 92 valence electrons. The molecule has 0 aromatic carbocycles. The van der Waals surface area contributed by atoms with E-state index >= 15 is 0 Å². The molecule has 0 atom stereocenters. The van der Waals surface area contributed by atoms with Gasteiger partial charge in [-0.3, -0.25) is 0 Å². The molecule has 0 radical (unpaired) electrons. The maximum Gasteiger partial charge on any atom is 0.343 e. The number of ether oxygens (including phenoxy) is 1. The summed E-state index contributed by atoms with van der Waals surface area (Å²) in [5.41, 5.74) is 0.0941. The van der Waals surface area contributed by atoms with Gasteiger partial charge in [0.05, 0.1) is 18.5 Å². The number of esters is 1. The molecule has 1 heterocycles. The van der Waals surface area contributed by atoms with Crippen LogP contribution < -0.4 is 0 Å². The lowest BCUT2D eigenvalue weighted by Gasteiger charge is -2.07. The van der Waals surface area contributed by atoms with Gasteiger partial charge in [-0.25, -0.2) is 14.8 Å². The molecule has 0 bridgehead atoms. The number of aromatic nitrogens is 1. The van der Waals surface area contributed by atoms with Crippen LogP contribution in [0.5, 0.6) is 0 Å². The second kappa shape index (κ2) is 5.84. The van der Waals surface area contributed by atoms with Crippen molar-refractivity contribution >= 4 is 41.3 Å². The van der Waals surface area contributed by atoms with E-state index in [1.807, 2.05) is 0 Å². The van der Waals surface area contributed by atoms with Gasteiger partial charge in [-0.05, 0) is 6.07 Å². The third-order valence-electron chi connectivity index (χ3n) is 1.72. The van der Waals surface area contributed by atoms with E-state index < -0.39 is 5.97 Å². The fourth-order valence-corrected chi connectivity index (χ4v) is 1.54. The van der Waals surface area contributed by atoms with Crippen LogP contribution in [0.3, 0.4) is 0 Å². The molecule has 1 aromatic rings. The van der Waals surface area contributed by atoms with E-state index in [0.717, 1.165) is 0 Å². The highest BCUT2D eigenvalue weighted by Gasteiger charge is 2.18. The van der Waals surface area contributed by atoms with Crippen molar-refractivity contribution in [1.29, 1.82) is 0 Å². The molecule has 0 amide bonds. The van der Waals surface area contributed by atoms with Crippen LogP contribution >= 0.6 is 23.2 Å². The van der Waals surface area contributed by atoms with E-state index in [1.165, 1.54) is 19.5 Å². The van der Waals surface area contributed by atoms with E-state index in [-0.39, 0.29) is 21.6 Å². The third-order valence-corrected chi connectivity index (χ3v) is 2.21. The Bertz CT molecular complexity index is 461. The highest BCUT2D eigenvalue weighted by molar-refractivity contribution is 6.36. The minimum Gasteiger partial charge on any atom is -0.465 e. The van der Waals surface area contributed by atoms with Gasteiger partial charge in [-0.2, -0.15) is 0 Å². The molecular weight excluding hydrogens is 265 g/mol. The van der Waals surface area contributed by atoms with E-state index in [0.29, 0.717) is 0 Å². The Morgan fingerprint density at radius 3 is 2.71 bits per heavy atom. The summed E-state index contributed by atoms with van der Waals surface area (Å²) in [7, 11) is 4.83. The van der Waals surface area contributed by atoms with Crippen molar-refractivity contribution in [2.24, 2.45) is 4.99 Å². The van der Waals surface area contributed by atoms with Crippen molar-refractivity contribution in [2.45, 2.75) is 0 Å². The average molecular weight is 276 g/mol. The van der Waals surface area contributed by atoms with Crippen molar-refractivity contribution in [1.82, 2.24) is 9.88 Å². The number of aliphatic imine (C=N–C) groups is 1. The van der Waals surface area contributed by atoms with Crippen LogP contribution in [0.1, 0.15) is 10.4 Å². The minimum atomic E-state index is -0.606. The summed E-state index contributed by atoms with van der Waals surface area (Å²) in [5, 5.41) is 0.316. The fourth-order valence-electron chi connectivity index (χ4n) is 1.03. The lowest BCUT2D eigenvalue weighted by Crippen LogP contribution is -2.09. The van der Waals surface area contributed by atoms with Gasteiger partial charge in [-0.1, -0.05) is 23.2 Å². The molecule has 1 aromatic heterocycles. The van der Waals surface area contributed by atoms with Gasteiger partial charge >= 0.3 is 5.97 Å². The topological polar surface area (TPSA) is 54.8 Å². The number of carbonyl (C=O) groups excluding carboxylic acids is 1. The lowest BCUT2D eigenvalue weighted by atomic mass is 10.2. The highest BCUT2D eigenvalue weighted by Crippen LogP contribution is 2.28. The summed E-state index contributed by atoms with van der Waals surface area (Å²) in [6.07, 6.45) is 1.49. The van der Waals surface area contributed by atoms with Crippen molar-refractivity contribution in [2.75, 3.05) is 21.2 Å². The molecule has 0 saturated heterocycles. The molecule has 0 saturated carbocycles. The van der Waals surface area contributed by atoms with Crippen molar-refractivity contribution in [3.8, 4) is 0 Å². The van der Waals surface area contributed by atoms with Crippen LogP contribution in [0.25, 0.3) is 0 Å². The van der Waals surface area contributed by atoms with Crippen molar-refractivity contribution < 1.29 is 9.53 Å². The van der Waals surface area contributed by atoms with Crippen LogP contribution in [-0.4, -0.2) is 43.4 Å². The zero-order valence-corrected chi connectivity index (χ0v) is 11.1. The van der Waals surface area contributed by atoms with E-state index in [2.05, 4.69) is 14.7 Å². The molecule has 0 aliphatic carbocycles. The van der Waals surface area contributed by atoms with Gasteiger partial charge < -0.3 is 9.64 Å². The first-order chi connectivity index (χ1) is 7.95. The van der Waals surface area contributed by atoms with Gasteiger partial charge in [0.1, 0.15) is 10.7 Å². The molecule has 0 unspecified atom stereocenters. The zero-order valence-electron chi connectivity index (χ0n) is 9.57.